The van der Waals surface area contributed by atoms with E-state index in [1.165, 1.54) is 16.7 Å². The molecule has 0 radical (unpaired) electrons. The van der Waals surface area contributed by atoms with Crippen molar-refractivity contribution in [3.05, 3.63) is 102 Å². The van der Waals surface area contributed by atoms with Crippen LogP contribution >= 0.6 is 69.6 Å². The molecular formula is C28H15Cl6N3O. The van der Waals surface area contributed by atoms with E-state index in [9.17, 15) is 0 Å². The van der Waals surface area contributed by atoms with Crippen LogP contribution in [0.4, 0.5) is 0 Å². The molecule has 0 aliphatic heterocycles. The van der Waals surface area contributed by atoms with Gasteiger partial charge in [-0.3, -0.25) is 0 Å². The third kappa shape index (κ3) is 4.79. The molecule has 0 unspecified atom stereocenters. The lowest BCUT2D eigenvalue weighted by Gasteiger charge is -2.17. The largest absolute Gasteiger partial charge is 0.456 e. The highest BCUT2D eigenvalue weighted by Crippen LogP contribution is 2.45. The number of hydrogen-bond acceptors (Lipinski definition) is 4. The Kier molecular flexibility index (Phi) is 6.63. The molecule has 1 aromatic heterocycles. The van der Waals surface area contributed by atoms with E-state index in [0.29, 0.717) is 11.3 Å². The molecule has 0 bridgehead atoms. The molecule has 38 heavy (non-hydrogen) atoms. The molecule has 6 rings (SSSR count). The molecule has 0 amide bonds. The summed E-state index contributed by atoms with van der Waals surface area (Å²) in [4.78, 5) is 12.8. The van der Waals surface area contributed by atoms with Gasteiger partial charge >= 0.3 is 0 Å². The topological polar surface area (TPSA) is 47.9 Å². The number of ether oxygens (including phenoxy) is 1. The molecule has 10 heteroatoms. The molecule has 4 nitrogen and oxygen atoms in total. The second-order valence-electron chi connectivity index (χ2n) is 8.68. The summed E-state index contributed by atoms with van der Waals surface area (Å²) in [6.07, 6.45) is 0.808. The first-order chi connectivity index (χ1) is 18.1. The Morgan fingerprint density at radius 3 is 1.89 bits per heavy atom. The van der Waals surface area contributed by atoms with Crippen molar-refractivity contribution in [2.24, 2.45) is 0 Å². The lowest BCUT2D eigenvalue weighted by atomic mass is 10.0. The van der Waals surface area contributed by atoms with Crippen LogP contribution in [0.2, 0.25) is 0 Å². The van der Waals surface area contributed by atoms with Gasteiger partial charge in [0.15, 0.2) is 17.5 Å². The quantitative estimate of drug-likeness (QED) is 0.185. The van der Waals surface area contributed by atoms with Crippen LogP contribution in [0.15, 0.2) is 78.9 Å². The van der Waals surface area contributed by atoms with E-state index in [0.717, 1.165) is 28.5 Å². The molecule has 1 aliphatic carbocycles. The summed E-state index contributed by atoms with van der Waals surface area (Å²) in [5.74, 6) is 1.36. The Morgan fingerprint density at radius 1 is 0.553 bits per heavy atom. The number of alkyl halides is 6. The molecule has 0 spiro atoms. The molecule has 4 aromatic carbocycles. The lowest BCUT2D eigenvalue weighted by molar-refractivity contribution is 0.484. The number of nitrogens with zero attached hydrogens (tertiary/aromatic N) is 3. The molecule has 1 aliphatic rings. The summed E-state index contributed by atoms with van der Waals surface area (Å²) >= 11 is 36.5. The van der Waals surface area contributed by atoms with Crippen molar-refractivity contribution < 1.29 is 4.74 Å². The standard InChI is InChI=1S/C28H15Cl6N3O/c29-27(30,31)25-35-24(36-26(37-25)28(32,33)34)20-12-13-23(19-9-4-3-8-18(19)20)38-22-11-5-10-17-16-7-2-1-6-15(16)14-21(17)22/h1-13H,14H2. The van der Waals surface area contributed by atoms with E-state index >= 15 is 0 Å². The van der Waals surface area contributed by atoms with Gasteiger partial charge in [-0.2, -0.15) is 0 Å². The van der Waals surface area contributed by atoms with Crippen molar-refractivity contribution in [3.8, 4) is 34.0 Å². The molecule has 190 valence electrons. The van der Waals surface area contributed by atoms with E-state index in [2.05, 4.69) is 45.3 Å². The van der Waals surface area contributed by atoms with Gasteiger partial charge < -0.3 is 4.74 Å². The molecule has 5 aromatic rings. The zero-order valence-corrected chi connectivity index (χ0v) is 23.8. The number of halogens is 6. The van der Waals surface area contributed by atoms with Crippen LogP contribution in [0.25, 0.3) is 33.3 Å². The Labute approximate surface area is 248 Å². The summed E-state index contributed by atoms with van der Waals surface area (Å²) in [6.45, 7) is 0. The minimum absolute atomic E-state index is 0.155. The molecule has 0 N–H and O–H groups in total. The summed E-state index contributed by atoms with van der Waals surface area (Å²) in [5, 5.41) is 1.64. The van der Waals surface area contributed by atoms with E-state index in [1.54, 1.807) is 0 Å². The minimum atomic E-state index is -1.95. The Hall–Kier alpha value is -2.31. The van der Waals surface area contributed by atoms with Crippen molar-refractivity contribution in [3.63, 3.8) is 0 Å². The zero-order valence-electron chi connectivity index (χ0n) is 19.2. The van der Waals surface area contributed by atoms with E-state index in [1.807, 2.05) is 48.5 Å². The normalized spacial score (nSPS) is 12.9. The Balaban J connectivity index is 1.47. The predicted octanol–water partition coefficient (Wildman–Crippen LogP) is 9.71. The fraction of sp³-hybridized carbons (Fsp3) is 0.107. The van der Waals surface area contributed by atoms with Crippen molar-refractivity contribution in [2.75, 3.05) is 0 Å². The number of hydrogen-bond donors (Lipinski definition) is 0. The Morgan fingerprint density at radius 2 is 1.18 bits per heavy atom. The van der Waals surface area contributed by atoms with Gasteiger partial charge in [-0.05, 0) is 40.3 Å². The third-order valence-electron chi connectivity index (χ3n) is 6.30. The van der Waals surface area contributed by atoms with Crippen LogP contribution in [0.1, 0.15) is 22.8 Å². The maximum absolute atomic E-state index is 6.53. The fourth-order valence-corrected chi connectivity index (χ4v) is 5.15. The predicted molar refractivity (Wildman–Crippen MR) is 156 cm³/mol. The number of aromatic nitrogens is 3. The minimum Gasteiger partial charge on any atom is -0.456 e. The molecule has 0 saturated carbocycles. The van der Waals surface area contributed by atoms with Crippen LogP contribution in [0.3, 0.4) is 0 Å². The van der Waals surface area contributed by atoms with Gasteiger partial charge in [0.25, 0.3) is 0 Å². The van der Waals surface area contributed by atoms with Crippen LogP contribution in [0, 0.1) is 0 Å². The Bertz CT molecular complexity index is 1680. The van der Waals surface area contributed by atoms with Crippen molar-refractivity contribution in [1.29, 1.82) is 0 Å². The van der Waals surface area contributed by atoms with Gasteiger partial charge in [0.05, 0.1) is 0 Å². The second kappa shape index (κ2) is 9.71. The maximum atomic E-state index is 6.53. The van der Waals surface area contributed by atoms with E-state index < -0.39 is 7.59 Å². The van der Waals surface area contributed by atoms with E-state index in [4.69, 9.17) is 74.3 Å². The van der Waals surface area contributed by atoms with Crippen LogP contribution in [-0.2, 0) is 14.0 Å². The first kappa shape index (κ1) is 25.9. The molecule has 0 saturated heterocycles. The fourth-order valence-electron chi connectivity index (χ4n) is 4.65. The van der Waals surface area contributed by atoms with Crippen LogP contribution in [0.5, 0.6) is 11.5 Å². The number of benzene rings is 4. The molecule has 0 atom stereocenters. The van der Waals surface area contributed by atoms with Gasteiger partial charge in [-0.15, -0.1) is 0 Å². The second-order valence-corrected chi connectivity index (χ2v) is 13.2. The molecule has 1 heterocycles. The average molecular weight is 622 g/mol. The lowest BCUT2D eigenvalue weighted by Crippen LogP contribution is -2.16. The molecule has 0 fully saturated rings. The van der Waals surface area contributed by atoms with Crippen molar-refractivity contribution >= 4 is 80.4 Å². The van der Waals surface area contributed by atoms with Crippen LogP contribution < -0.4 is 4.74 Å². The number of rotatable bonds is 3. The number of fused-ring (bicyclic) bond motifs is 4. The highest BCUT2D eigenvalue weighted by atomic mass is 35.6. The highest BCUT2D eigenvalue weighted by molar-refractivity contribution is 6.67. The summed E-state index contributed by atoms with van der Waals surface area (Å²) in [7, 11) is 0. The van der Waals surface area contributed by atoms with E-state index in [-0.39, 0.29) is 17.5 Å². The van der Waals surface area contributed by atoms with Gasteiger partial charge in [0.1, 0.15) is 11.5 Å². The first-order valence-corrected chi connectivity index (χ1v) is 13.7. The first-order valence-electron chi connectivity index (χ1n) is 11.4. The van der Waals surface area contributed by atoms with Gasteiger partial charge in [0, 0.05) is 22.9 Å². The SMILES string of the molecule is ClC(Cl)(Cl)c1nc(-c2ccc(Oc3cccc4c3Cc3ccccc3-4)c3ccccc23)nc(C(Cl)(Cl)Cl)n1. The van der Waals surface area contributed by atoms with Crippen molar-refractivity contribution in [1.82, 2.24) is 15.0 Å². The monoisotopic (exact) mass is 619 g/mol. The summed E-state index contributed by atoms with van der Waals surface area (Å²) in [5.41, 5.74) is 5.48. The van der Waals surface area contributed by atoms with Gasteiger partial charge in [-0.1, -0.05) is 130 Å². The van der Waals surface area contributed by atoms with Crippen molar-refractivity contribution in [2.45, 2.75) is 14.0 Å². The zero-order chi connectivity index (χ0) is 26.7. The van der Waals surface area contributed by atoms with Gasteiger partial charge in [0.2, 0.25) is 7.59 Å². The average Bonchev–Trinajstić information content (AvgIpc) is 3.27. The van der Waals surface area contributed by atoms with Crippen LogP contribution in [-0.4, -0.2) is 15.0 Å². The van der Waals surface area contributed by atoms with Gasteiger partial charge in [-0.25, -0.2) is 15.0 Å². The highest BCUT2D eigenvalue weighted by Gasteiger charge is 2.34. The summed E-state index contributed by atoms with van der Waals surface area (Å²) in [6, 6.07) is 25.9. The maximum Gasteiger partial charge on any atom is 0.250 e. The smallest absolute Gasteiger partial charge is 0.250 e. The summed E-state index contributed by atoms with van der Waals surface area (Å²) < 4.78 is 2.63. The molecular weight excluding hydrogens is 607 g/mol. The third-order valence-corrected chi connectivity index (χ3v) is 7.31.